The lowest BCUT2D eigenvalue weighted by Gasteiger charge is -2.37. The second kappa shape index (κ2) is 9.10. The summed E-state index contributed by atoms with van der Waals surface area (Å²) in [5.74, 6) is 0.851. The van der Waals surface area contributed by atoms with Crippen LogP contribution < -0.4 is 9.64 Å². The Morgan fingerprint density at radius 3 is 2.21 bits per heavy atom. The lowest BCUT2D eigenvalue weighted by molar-refractivity contribution is 0.304. The molecule has 0 bridgehead atoms. The van der Waals surface area contributed by atoms with Gasteiger partial charge in [-0.1, -0.05) is 72.4 Å². The monoisotopic (exact) mass is 402 g/mol. The topological polar surface area (TPSA) is 15.7 Å². The van der Waals surface area contributed by atoms with Gasteiger partial charge in [0.2, 0.25) is 0 Å². The van der Waals surface area contributed by atoms with E-state index in [0.29, 0.717) is 6.61 Å². The predicted octanol–water partition coefficient (Wildman–Crippen LogP) is 5.07. The fourth-order valence-electron chi connectivity index (χ4n) is 3.59. The van der Waals surface area contributed by atoms with Gasteiger partial charge in [-0.3, -0.25) is 0 Å². The number of rotatable bonds is 5. The van der Waals surface area contributed by atoms with Gasteiger partial charge in [0.25, 0.3) is 0 Å². The van der Waals surface area contributed by atoms with Crippen molar-refractivity contribution in [2.75, 3.05) is 31.1 Å². The van der Waals surface area contributed by atoms with Gasteiger partial charge < -0.3 is 14.5 Å². The first-order valence-corrected chi connectivity index (χ1v) is 10.5. The summed E-state index contributed by atoms with van der Waals surface area (Å²) in [6.45, 7) is 6.41. The standard InChI is InChI=1S/C25H26N2OS/c1-20-11-13-21(14-12-20)19-28-24-10-6-5-9-23(24)25(29)27-17-15-26(16-18-27)22-7-3-2-4-8-22/h2-14H,15-19H2,1H3. The second-order valence-electron chi connectivity index (χ2n) is 7.39. The number of para-hydroxylation sites is 2. The van der Waals surface area contributed by atoms with Gasteiger partial charge in [-0.25, -0.2) is 0 Å². The Morgan fingerprint density at radius 1 is 0.828 bits per heavy atom. The highest BCUT2D eigenvalue weighted by Crippen LogP contribution is 2.24. The van der Waals surface area contributed by atoms with Crippen LogP contribution in [0.4, 0.5) is 5.69 Å². The lowest BCUT2D eigenvalue weighted by atomic mass is 10.1. The summed E-state index contributed by atoms with van der Waals surface area (Å²) in [6, 6.07) is 27.1. The molecule has 1 aliphatic heterocycles. The molecule has 3 aromatic carbocycles. The SMILES string of the molecule is Cc1ccc(COc2ccccc2C(=S)N2CCN(c3ccccc3)CC2)cc1. The largest absolute Gasteiger partial charge is 0.488 e. The van der Waals surface area contributed by atoms with Crippen LogP contribution in [0.2, 0.25) is 0 Å². The molecule has 148 valence electrons. The normalized spacial score (nSPS) is 14.0. The Balaban J connectivity index is 1.41. The molecule has 1 heterocycles. The number of anilines is 1. The third-order valence-corrected chi connectivity index (χ3v) is 5.80. The maximum atomic E-state index is 6.14. The zero-order chi connectivity index (χ0) is 20.1. The van der Waals surface area contributed by atoms with E-state index in [1.54, 1.807) is 0 Å². The van der Waals surface area contributed by atoms with Crippen molar-refractivity contribution in [3.8, 4) is 5.75 Å². The summed E-state index contributed by atoms with van der Waals surface area (Å²) in [4.78, 5) is 5.58. The molecule has 0 spiro atoms. The average molecular weight is 403 g/mol. The van der Waals surface area contributed by atoms with Crippen LogP contribution in [0.15, 0.2) is 78.9 Å². The van der Waals surface area contributed by atoms with E-state index in [1.165, 1.54) is 11.3 Å². The minimum Gasteiger partial charge on any atom is -0.488 e. The quantitative estimate of drug-likeness (QED) is 0.553. The van der Waals surface area contributed by atoms with Gasteiger partial charge in [-0.05, 0) is 36.8 Å². The van der Waals surface area contributed by atoms with E-state index >= 15 is 0 Å². The summed E-state index contributed by atoms with van der Waals surface area (Å²) in [6.07, 6.45) is 0. The summed E-state index contributed by atoms with van der Waals surface area (Å²) < 4.78 is 6.14. The number of hydrogen-bond donors (Lipinski definition) is 0. The van der Waals surface area contributed by atoms with Gasteiger partial charge >= 0.3 is 0 Å². The molecule has 1 saturated heterocycles. The molecule has 3 aromatic rings. The fourth-order valence-corrected chi connectivity index (χ4v) is 3.94. The maximum absolute atomic E-state index is 6.14. The van der Waals surface area contributed by atoms with Gasteiger partial charge in [0.15, 0.2) is 0 Å². The van der Waals surface area contributed by atoms with Gasteiger partial charge in [-0.2, -0.15) is 0 Å². The van der Waals surface area contributed by atoms with Gasteiger partial charge in [0, 0.05) is 31.9 Å². The molecule has 0 unspecified atom stereocenters. The summed E-state index contributed by atoms with van der Waals surface area (Å²) >= 11 is 5.86. The first-order chi connectivity index (χ1) is 14.2. The molecular weight excluding hydrogens is 376 g/mol. The van der Waals surface area contributed by atoms with Crippen molar-refractivity contribution in [1.29, 1.82) is 0 Å². The van der Waals surface area contributed by atoms with Crippen molar-refractivity contribution in [3.63, 3.8) is 0 Å². The maximum Gasteiger partial charge on any atom is 0.130 e. The Labute approximate surface area is 178 Å². The molecule has 0 atom stereocenters. The Bertz CT molecular complexity index is 948. The summed E-state index contributed by atoms with van der Waals surface area (Å²) in [5, 5.41) is 0. The Kier molecular flexibility index (Phi) is 6.11. The highest BCUT2D eigenvalue weighted by molar-refractivity contribution is 7.80. The van der Waals surface area contributed by atoms with Crippen LogP contribution in [0.5, 0.6) is 5.75 Å². The zero-order valence-electron chi connectivity index (χ0n) is 16.8. The number of benzene rings is 3. The third kappa shape index (κ3) is 4.77. The highest BCUT2D eigenvalue weighted by atomic mass is 32.1. The molecular formula is C25H26N2OS. The lowest BCUT2D eigenvalue weighted by Crippen LogP contribution is -2.48. The molecule has 1 fully saturated rings. The van der Waals surface area contributed by atoms with Crippen molar-refractivity contribution < 1.29 is 4.74 Å². The smallest absolute Gasteiger partial charge is 0.130 e. The minimum atomic E-state index is 0.543. The summed E-state index contributed by atoms with van der Waals surface area (Å²) in [7, 11) is 0. The van der Waals surface area contributed by atoms with Crippen molar-refractivity contribution in [2.45, 2.75) is 13.5 Å². The molecule has 4 rings (SSSR count). The molecule has 0 amide bonds. The molecule has 0 radical (unpaired) electrons. The molecule has 0 N–H and O–H groups in total. The second-order valence-corrected chi connectivity index (χ2v) is 7.77. The van der Waals surface area contributed by atoms with Crippen LogP contribution in [0, 0.1) is 6.92 Å². The molecule has 1 aliphatic rings. The first-order valence-electron chi connectivity index (χ1n) is 10.1. The van der Waals surface area contributed by atoms with E-state index in [-0.39, 0.29) is 0 Å². The van der Waals surface area contributed by atoms with Crippen molar-refractivity contribution >= 4 is 22.9 Å². The summed E-state index contributed by atoms with van der Waals surface area (Å²) in [5.41, 5.74) is 4.69. The van der Waals surface area contributed by atoms with Crippen LogP contribution in [-0.2, 0) is 6.61 Å². The number of nitrogens with zero attached hydrogens (tertiary/aromatic N) is 2. The van der Waals surface area contributed by atoms with Crippen LogP contribution in [-0.4, -0.2) is 36.1 Å². The van der Waals surface area contributed by atoms with Crippen molar-refractivity contribution in [1.82, 2.24) is 4.90 Å². The minimum absolute atomic E-state index is 0.543. The van der Waals surface area contributed by atoms with E-state index in [1.807, 2.05) is 18.2 Å². The van der Waals surface area contributed by atoms with E-state index in [2.05, 4.69) is 77.4 Å². The number of thiocarbonyl (C=S) groups is 1. The van der Waals surface area contributed by atoms with E-state index in [0.717, 1.165) is 48.0 Å². The molecule has 0 aliphatic carbocycles. The molecule has 0 aromatic heterocycles. The predicted molar refractivity (Wildman–Crippen MR) is 124 cm³/mol. The van der Waals surface area contributed by atoms with Crippen molar-refractivity contribution in [2.24, 2.45) is 0 Å². The number of hydrogen-bond acceptors (Lipinski definition) is 3. The highest BCUT2D eigenvalue weighted by Gasteiger charge is 2.21. The number of ether oxygens (including phenoxy) is 1. The molecule has 29 heavy (non-hydrogen) atoms. The van der Waals surface area contributed by atoms with E-state index in [9.17, 15) is 0 Å². The van der Waals surface area contributed by atoms with Gasteiger partial charge in [0.1, 0.15) is 17.3 Å². The number of piperazine rings is 1. The van der Waals surface area contributed by atoms with Crippen LogP contribution in [0.3, 0.4) is 0 Å². The van der Waals surface area contributed by atoms with E-state index in [4.69, 9.17) is 17.0 Å². The van der Waals surface area contributed by atoms with E-state index < -0.39 is 0 Å². The molecule has 3 nitrogen and oxygen atoms in total. The van der Waals surface area contributed by atoms with Crippen LogP contribution in [0.25, 0.3) is 0 Å². The van der Waals surface area contributed by atoms with Gasteiger partial charge in [-0.15, -0.1) is 0 Å². The van der Waals surface area contributed by atoms with Crippen LogP contribution in [0.1, 0.15) is 16.7 Å². The van der Waals surface area contributed by atoms with Crippen LogP contribution >= 0.6 is 12.2 Å². The Hall–Kier alpha value is -2.85. The molecule has 4 heteroatoms. The van der Waals surface area contributed by atoms with Gasteiger partial charge in [0.05, 0.1) is 5.56 Å². The average Bonchev–Trinajstić information content (AvgIpc) is 2.79. The Morgan fingerprint density at radius 2 is 1.48 bits per heavy atom. The van der Waals surface area contributed by atoms with Crippen molar-refractivity contribution in [3.05, 3.63) is 95.6 Å². The number of aryl methyl sites for hydroxylation is 1. The molecule has 0 saturated carbocycles. The fraction of sp³-hybridized carbons (Fsp3) is 0.240. The third-order valence-electron chi connectivity index (χ3n) is 5.32. The first kappa shape index (κ1) is 19.5. The zero-order valence-corrected chi connectivity index (χ0v) is 17.6.